The number of sulfonamides is 1. The Balaban J connectivity index is 1.80. The SMILES string of the molecule is O=S(=O)(Nc1nn(Cc2ccc(F)cc2)cc1Br)c1cccs1. The molecule has 1 aromatic carbocycles. The van der Waals surface area contributed by atoms with Crippen LogP contribution in [0.3, 0.4) is 0 Å². The second-order valence-corrected chi connectivity index (χ2v) is 8.40. The minimum atomic E-state index is -3.64. The van der Waals surface area contributed by atoms with E-state index in [4.69, 9.17) is 0 Å². The molecule has 0 spiro atoms. The van der Waals surface area contributed by atoms with Crippen LogP contribution in [0.4, 0.5) is 10.2 Å². The van der Waals surface area contributed by atoms with E-state index in [-0.39, 0.29) is 15.8 Å². The third-order valence-electron chi connectivity index (χ3n) is 2.97. The van der Waals surface area contributed by atoms with E-state index < -0.39 is 10.0 Å². The fraction of sp³-hybridized carbons (Fsp3) is 0.0714. The summed E-state index contributed by atoms with van der Waals surface area (Å²) in [5.41, 5.74) is 0.856. The standard InChI is InChI=1S/C14H11BrFN3O2S2/c15-12-9-19(8-10-3-5-11(16)6-4-10)17-14(12)18-23(20,21)13-2-1-7-22-13/h1-7,9H,8H2,(H,17,18). The summed E-state index contributed by atoms with van der Waals surface area (Å²) in [5, 5.41) is 5.90. The molecule has 0 bridgehead atoms. The Bertz CT molecular complexity index is 906. The summed E-state index contributed by atoms with van der Waals surface area (Å²) in [5.74, 6) is -0.0969. The van der Waals surface area contributed by atoms with Crippen LogP contribution in [-0.4, -0.2) is 18.2 Å². The molecular formula is C14H11BrFN3O2S2. The van der Waals surface area contributed by atoms with Crippen LogP contribution in [-0.2, 0) is 16.6 Å². The Hall–Kier alpha value is -1.71. The molecule has 0 radical (unpaired) electrons. The fourth-order valence-electron chi connectivity index (χ4n) is 1.92. The topological polar surface area (TPSA) is 64.0 Å². The normalized spacial score (nSPS) is 11.6. The van der Waals surface area contributed by atoms with Crippen LogP contribution in [0.2, 0.25) is 0 Å². The number of nitrogens with zero attached hydrogens (tertiary/aromatic N) is 2. The first kappa shape index (κ1) is 16.2. The number of benzene rings is 1. The molecule has 23 heavy (non-hydrogen) atoms. The van der Waals surface area contributed by atoms with Crippen LogP contribution in [0.1, 0.15) is 5.56 Å². The smallest absolute Gasteiger partial charge is 0.265 e. The molecule has 0 unspecified atom stereocenters. The van der Waals surface area contributed by atoms with E-state index in [1.807, 2.05) is 0 Å². The first-order valence-electron chi connectivity index (χ1n) is 6.48. The second-order valence-electron chi connectivity index (χ2n) is 4.69. The Labute approximate surface area is 145 Å². The van der Waals surface area contributed by atoms with Gasteiger partial charge < -0.3 is 0 Å². The number of rotatable bonds is 5. The number of anilines is 1. The van der Waals surface area contributed by atoms with Crippen molar-refractivity contribution in [1.29, 1.82) is 0 Å². The zero-order valence-corrected chi connectivity index (χ0v) is 14.8. The lowest BCUT2D eigenvalue weighted by molar-refractivity contribution is 0.602. The lowest BCUT2D eigenvalue weighted by Crippen LogP contribution is -2.12. The number of hydrogen-bond donors (Lipinski definition) is 1. The molecule has 5 nitrogen and oxygen atoms in total. The van der Waals surface area contributed by atoms with Gasteiger partial charge in [-0.2, -0.15) is 5.10 Å². The van der Waals surface area contributed by atoms with E-state index >= 15 is 0 Å². The lowest BCUT2D eigenvalue weighted by atomic mass is 10.2. The largest absolute Gasteiger partial charge is 0.272 e. The average Bonchev–Trinajstić information content (AvgIpc) is 3.13. The monoisotopic (exact) mass is 415 g/mol. The summed E-state index contributed by atoms with van der Waals surface area (Å²) in [6, 6.07) is 9.24. The van der Waals surface area contributed by atoms with Gasteiger partial charge in [0.2, 0.25) is 0 Å². The van der Waals surface area contributed by atoms with E-state index in [2.05, 4.69) is 25.8 Å². The zero-order chi connectivity index (χ0) is 16.4. The minimum Gasteiger partial charge on any atom is -0.265 e. The van der Waals surface area contributed by atoms with E-state index in [9.17, 15) is 12.8 Å². The van der Waals surface area contributed by atoms with Crippen LogP contribution in [0.15, 0.2) is 56.7 Å². The lowest BCUT2D eigenvalue weighted by Gasteiger charge is -2.04. The summed E-state index contributed by atoms with van der Waals surface area (Å²) in [7, 11) is -3.64. The molecule has 0 aliphatic carbocycles. The summed E-state index contributed by atoms with van der Waals surface area (Å²) in [4.78, 5) is 0. The number of thiophene rings is 1. The molecule has 0 aliphatic heterocycles. The van der Waals surface area contributed by atoms with Crippen molar-refractivity contribution in [2.75, 3.05) is 4.72 Å². The summed E-state index contributed by atoms with van der Waals surface area (Å²) in [6.07, 6.45) is 1.66. The fourth-order valence-corrected chi connectivity index (χ4v) is 4.47. The average molecular weight is 416 g/mol. The third kappa shape index (κ3) is 3.80. The van der Waals surface area contributed by atoms with Crippen LogP contribution in [0.25, 0.3) is 0 Å². The van der Waals surface area contributed by atoms with Gasteiger partial charge in [-0.3, -0.25) is 9.40 Å². The number of aromatic nitrogens is 2. The van der Waals surface area contributed by atoms with Gasteiger partial charge in [-0.25, -0.2) is 12.8 Å². The van der Waals surface area contributed by atoms with Crippen LogP contribution in [0.5, 0.6) is 0 Å². The molecule has 120 valence electrons. The molecule has 0 aliphatic rings. The highest BCUT2D eigenvalue weighted by molar-refractivity contribution is 9.10. The highest BCUT2D eigenvalue weighted by Gasteiger charge is 2.18. The van der Waals surface area contributed by atoms with Crippen molar-refractivity contribution in [3.63, 3.8) is 0 Å². The molecule has 0 amide bonds. The Morgan fingerprint density at radius 1 is 1.26 bits per heavy atom. The number of hydrogen-bond acceptors (Lipinski definition) is 4. The Morgan fingerprint density at radius 2 is 2.00 bits per heavy atom. The summed E-state index contributed by atoms with van der Waals surface area (Å²) < 4.78 is 42.1. The quantitative estimate of drug-likeness (QED) is 0.690. The van der Waals surface area contributed by atoms with Gasteiger partial charge in [-0.15, -0.1) is 11.3 Å². The van der Waals surface area contributed by atoms with Crippen LogP contribution >= 0.6 is 27.3 Å². The Kier molecular flexibility index (Phi) is 4.51. The van der Waals surface area contributed by atoms with Gasteiger partial charge in [0.1, 0.15) is 10.0 Å². The molecule has 0 saturated heterocycles. The van der Waals surface area contributed by atoms with Crippen LogP contribution < -0.4 is 4.72 Å². The summed E-state index contributed by atoms with van der Waals surface area (Å²) >= 11 is 4.42. The minimum absolute atomic E-state index is 0.209. The summed E-state index contributed by atoms with van der Waals surface area (Å²) in [6.45, 7) is 0.402. The van der Waals surface area contributed by atoms with Crippen molar-refractivity contribution in [2.45, 2.75) is 10.8 Å². The predicted molar refractivity (Wildman–Crippen MR) is 90.6 cm³/mol. The first-order chi connectivity index (χ1) is 10.9. The van der Waals surface area contributed by atoms with E-state index in [1.165, 1.54) is 18.2 Å². The van der Waals surface area contributed by atoms with E-state index in [0.717, 1.165) is 16.9 Å². The molecule has 1 N–H and O–H groups in total. The van der Waals surface area contributed by atoms with Gasteiger partial charge in [0.25, 0.3) is 10.0 Å². The molecule has 9 heteroatoms. The molecular weight excluding hydrogens is 405 g/mol. The third-order valence-corrected chi connectivity index (χ3v) is 6.28. The van der Waals surface area contributed by atoms with Crippen molar-refractivity contribution in [2.24, 2.45) is 0 Å². The van der Waals surface area contributed by atoms with Gasteiger partial charge in [0.15, 0.2) is 5.82 Å². The number of halogens is 2. The van der Waals surface area contributed by atoms with Crippen molar-refractivity contribution < 1.29 is 12.8 Å². The molecule has 2 aromatic heterocycles. The van der Waals surface area contributed by atoms with Crippen molar-refractivity contribution >= 4 is 43.1 Å². The van der Waals surface area contributed by atoms with E-state index in [1.54, 1.807) is 34.5 Å². The van der Waals surface area contributed by atoms with E-state index in [0.29, 0.717) is 11.0 Å². The molecule has 3 rings (SSSR count). The van der Waals surface area contributed by atoms with Gasteiger partial charge in [0, 0.05) is 6.20 Å². The van der Waals surface area contributed by atoms with Gasteiger partial charge in [0.05, 0.1) is 11.0 Å². The zero-order valence-electron chi connectivity index (χ0n) is 11.6. The highest BCUT2D eigenvalue weighted by Crippen LogP contribution is 2.25. The van der Waals surface area contributed by atoms with Gasteiger partial charge in [-0.05, 0) is 45.1 Å². The molecule has 0 saturated carbocycles. The molecule has 3 aromatic rings. The maximum atomic E-state index is 12.9. The second kappa shape index (κ2) is 6.42. The maximum absolute atomic E-state index is 12.9. The molecule has 0 atom stereocenters. The maximum Gasteiger partial charge on any atom is 0.272 e. The predicted octanol–water partition coefficient (Wildman–Crippen LogP) is 3.70. The number of nitrogens with one attached hydrogen (secondary N) is 1. The van der Waals surface area contributed by atoms with Crippen molar-refractivity contribution in [3.8, 4) is 0 Å². The molecule has 2 heterocycles. The van der Waals surface area contributed by atoms with Gasteiger partial charge in [-0.1, -0.05) is 18.2 Å². The Morgan fingerprint density at radius 3 is 2.65 bits per heavy atom. The van der Waals surface area contributed by atoms with Crippen LogP contribution in [0, 0.1) is 5.82 Å². The van der Waals surface area contributed by atoms with Crippen molar-refractivity contribution in [3.05, 3.63) is 63.8 Å². The van der Waals surface area contributed by atoms with Crippen molar-refractivity contribution in [1.82, 2.24) is 9.78 Å². The first-order valence-corrected chi connectivity index (χ1v) is 9.63. The van der Waals surface area contributed by atoms with Gasteiger partial charge >= 0.3 is 0 Å². The molecule has 0 fully saturated rings. The highest BCUT2D eigenvalue weighted by atomic mass is 79.9.